The first kappa shape index (κ1) is 25.3. The van der Waals surface area contributed by atoms with Crippen LogP contribution in [0.5, 0.6) is 5.75 Å². The van der Waals surface area contributed by atoms with Gasteiger partial charge < -0.3 is 4.74 Å². The molecule has 0 bridgehead atoms. The fourth-order valence-corrected chi connectivity index (χ4v) is 8.56. The third-order valence-corrected chi connectivity index (χ3v) is 10.7. The largest absolute Gasteiger partial charge is 0.496 e. The van der Waals surface area contributed by atoms with Crippen molar-refractivity contribution >= 4 is 20.8 Å². The van der Waals surface area contributed by atoms with E-state index in [1.54, 1.807) is 19.2 Å². The average molecular weight is 506 g/mol. The molecule has 2 aliphatic rings. The highest BCUT2D eigenvalue weighted by Gasteiger charge is 2.51. The number of hydrogen-bond donors (Lipinski definition) is 1. The molecule has 0 aliphatic heterocycles. The third-order valence-electron chi connectivity index (χ3n) is 9.19. The van der Waals surface area contributed by atoms with E-state index in [4.69, 9.17) is 4.74 Å². The van der Waals surface area contributed by atoms with Gasteiger partial charge in [0.2, 0.25) is 10.0 Å². The molecule has 0 aromatic heterocycles. The van der Waals surface area contributed by atoms with Crippen molar-refractivity contribution in [1.29, 1.82) is 0 Å². The van der Waals surface area contributed by atoms with Crippen LogP contribution in [0.25, 0.3) is 10.8 Å². The highest BCUT2D eigenvalue weighted by molar-refractivity contribution is 7.89. The molecule has 192 valence electrons. The molecule has 0 spiro atoms. The molecular weight excluding hydrogens is 466 g/mol. The standard InChI is InChI=1S/C31H39NO3S/c1-21(2)23-12-11-22-13-16-29-30(3,17-8-18-31(29,4)26(22)19-23)20-32-36(33,34)28-15-14-27(35-5)24-9-6-7-10-25(24)28/h6-7,9-12,14-15,19,21,29,32H,8,13,16-18,20H2,1-5H3/t29-,30+,31+/m1/s1. The summed E-state index contributed by atoms with van der Waals surface area (Å²) in [6, 6.07) is 18.1. The maximum atomic E-state index is 13.6. The van der Waals surface area contributed by atoms with Crippen LogP contribution < -0.4 is 9.46 Å². The maximum absolute atomic E-state index is 13.6. The van der Waals surface area contributed by atoms with E-state index in [-0.39, 0.29) is 10.8 Å². The zero-order valence-electron chi connectivity index (χ0n) is 22.2. The molecule has 3 aromatic rings. The van der Waals surface area contributed by atoms with Crippen LogP contribution in [0.15, 0.2) is 59.5 Å². The van der Waals surface area contributed by atoms with Crippen LogP contribution in [-0.2, 0) is 21.9 Å². The minimum absolute atomic E-state index is 0.0732. The number of hydrogen-bond acceptors (Lipinski definition) is 3. The topological polar surface area (TPSA) is 55.4 Å². The summed E-state index contributed by atoms with van der Waals surface area (Å²) >= 11 is 0. The van der Waals surface area contributed by atoms with E-state index < -0.39 is 10.0 Å². The Morgan fingerprint density at radius 1 is 1.03 bits per heavy atom. The van der Waals surface area contributed by atoms with E-state index in [0.29, 0.717) is 34.4 Å². The van der Waals surface area contributed by atoms with Crippen molar-refractivity contribution in [3.8, 4) is 5.75 Å². The second-order valence-corrected chi connectivity index (χ2v) is 13.5. The number of methoxy groups -OCH3 is 1. The van der Waals surface area contributed by atoms with E-state index in [1.165, 1.54) is 16.7 Å². The highest BCUT2D eigenvalue weighted by atomic mass is 32.2. The van der Waals surface area contributed by atoms with Crippen molar-refractivity contribution in [2.75, 3.05) is 13.7 Å². The van der Waals surface area contributed by atoms with Crippen LogP contribution in [0.4, 0.5) is 0 Å². The van der Waals surface area contributed by atoms with Gasteiger partial charge in [-0.25, -0.2) is 13.1 Å². The van der Waals surface area contributed by atoms with Crippen LogP contribution in [0.1, 0.15) is 76.0 Å². The van der Waals surface area contributed by atoms with Crippen molar-refractivity contribution in [3.63, 3.8) is 0 Å². The normalized spacial score (nSPS) is 26.0. The second-order valence-electron chi connectivity index (χ2n) is 11.7. The van der Waals surface area contributed by atoms with Crippen LogP contribution in [0, 0.1) is 11.3 Å². The Balaban J connectivity index is 1.46. The average Bonchev–Trinajstić information content (AvgIpc) is 2.86. The number of fused-ring (bicyclic) bond motifs is 4. The Morgan fingerprint density at radius 3 is 2.50 bits per heavy atom. The first-order valence-corrected chi connectivity index (χ1v) is 14.8. The molecule has 0 amide bonds. The van der Waals surface area contributed by atoms with Gasteiger partial charge in [-0.15, -0.1) is 0 Å². The predicted octanol–water partition coefficient (Wildman–Crippen LogP) is 6.96. The molecule has 4 nitrogen and oxygen atoms in total. The molecule has 0 heterocycles. The monoisotopic (exact) mass is 505 g/mol. The molecule has 1 fully saturated rings. The number of rotatable bonds is 6. The summed E-state index contributed by atoms with van der Waals surface area (Å²) in [5.74, 6) is 1.62. The first-order chi connectivity index (χ1) is 17.1. The third kappa shape index (κ3) is 4.14. The molecule has 3 aromatic carbocycles. The molecule has 1 N–H and O–H groups in total. The molecule has 5 rings (SSSR count). The zero-order valence-corrected chi connectivity index (χ0v) is 23.0. The van der Waals surface area contributed by atoms with Crippen LogP contribution in [0.3, 0.4) is 0 Å². The number of ether oxygens (including phenoxy) is 1. The molecule has 5 heteroatoms. The minimum Gasteiger partial charge on any atom is -0.496 e. The summed E-state index contributed by atoms with van der Waals surface area (Å²) in [5.41, 5.74) is 4.35. The quantitative estimate of drug-likeness (QED) is 0.394. The first-order valence-electron chi connectivity index (χ1n) is 13.3. The van der Waals surface area contributed by atoms with Gasteiger partial charge in [-0.3, -0.25) is 0 Å². The summed E-state index contributed by atoms with van der Waals surface area (Å²) in [5, 5.41) is 1.50. The van der Waals surface area contributed by atoms with Gasteiger partial charge in [-0.05, 0) is 77.2 Å². The van der Waals surface area contributed by atoms with Gasteiger partial charge >= 0.3 is 0 Å². The van der Waals surface area contributed by atoms with Crippen molar-refractivity contribution in [1.82, 2.24) is 4.72 Å². The van der Waals surface area contributed by atoms with Gasteiger partial charge in [0.05, 0.1) is 12.0 Å². The number of benzene rings is 3. The molecule has 36 heavy (non-hydrogen) atoms. The van der Waals surface area contributed by atoms with Crippen LogP contribution in [0.2, 0.25) is 0 Å². The Labute approximate surface area is 216 Å². The van der Waals surface area contributed by atoms with Gasteiger partial charge in [0.1, 0.15) is 5.75 Å². The fourth-order valence-electron chi connectivity index (χ4n) is 7.17. The van der Waals surface area contributed by atoms with Crippen molar-refractivity contribution in [3.05, 3.63) is 71.3 Å². The van der Waals surface area contributed by atoms with Gasteiger partial charge in [0.25, 0.3) is 0 Å². The maximum Gasteiger partial charge on any atom is 0.241 e. The molecule has 0 radical (unpaired) electrons. The van der Waals surface area contributed by atoms with Crippen LogP contribution in [-0.4, -0.2) is 22.1 Å². The lowest BCUT2D eigenvalue weighted by Crippen LogP contribution is -2.53. The lowest BCUT2D eigenvalue weighted by molar-refractivity contribution is 0.0298. The Morgan fingerprint density at radius 2 is 1.78 bits per heavy atom. The van der Waals surface area contributed by atoms with Crippen molar-refractivity contribution in [2.45, 2.75) is 76.0 Å². The van der Waals surface area contributed by atoms with E-state index in [2.05, 4.69) is 50.6 Å². The molecule has 0 saturated heterocycles. The smallest absolute Gasteiger partial charge is 0.241 e. The van der Waals surface area contributed by atoms with E-state index >= 15 is 0 Å². The summed E-state index contributed by atoms with van der Waals surface area (Å²) < 4.78 is 35.8. The SMILES string of the molecule is COc1ccc(S(=O)(=O)NC[C@]2(C)CCC[C@@]3(C)c4cc(C(C)C)ccc4CC[C@H]23)c2ccccc12. The second kappa shape index (κ2) is 9.18. The predicted molar refractivity (Wildman–Crippen MR) is 147 cm³/mol. The van der Waals surface area contributed by atoms with Gasteiger partial charge in [-0.1, -0.05) is 76.6 Å². The van der Waals surface area contributed by atoms with Gasteiger partial charge in [-0.2, -0.15) is 0 Å². The summed E-state index contributed by atoms with van der Waals surface area (Å²) in [4.78, 5) is 0.316. The van der Waals surface area contributed by atoms with Crippen LogP contribution >= 0.6 is 0 Å². The molecule has 1 saturated carbocycles. The van der Waals surface area contributed by atoms with Crippen molar-refractivity contribution < 1.29 is 13.2 Å². The van der Waals surface area contributed by atoms with Gasteiger partial charge in [0, 0.05) is 17.3 Å². The summed E-state index contributed by atoms with van der Waals surface area (Å²) in [7, 11) is -2.08. The fraction of sp³-hybridized carbons (Fsp3) is 0.484. The molecule has 0 unspecified atom stereocenters. The highest BCUT2D eigenvalue weighted by Crippen LogP contribution is 2.57. The number of sulfonamides is 1. The Kier molecular flexibility index (Phi) is 6.45. The van der Waals surface area contributed by atoms with E-state index in [9.17, 15) is 8.42 Å². The zero-order chi connectivity index (χ0) is 25.7. The van der Waals surface area contributed by atoms with E-state index in [0.717, 1.165) is 37.5 Å². The molecule has 3 atom stereocenters. The number of aryl methyl sites for hydroxylation is 1. The summed E-state index contributed by atoms with van der Waals surface area (Å²) in [6.45, 7) is 9.71. The number of nitrogens with one attached hydrogen (secondary N) is 1. The Hall–Kier alpha value is -2.37. The summed E-state index contributed by atoms with van der Waals surface area (Å²) in [6.07, 6.45) is 5.49. The molecule has 2 aliphatic carbocycles. The minimum atomic E-state index is -3.69. The van der Waals surface area contributed by atoms with Crippen molar-refractivity contribution in [2.24, 2.45) is 11.3 Å². The lowest BCUT2D eigenvalue weighted by atomic mass is 9.49. The Bertz CT molecular complexity index is 1400. The molecular formula is C31H39NO3S. The lowest BCUT2D eigenvalue weighted by Gasteiger charge is -2.55. The van der Waals surface area contributed by atoms with Gasteiger partial charge in [0.15, 0.2) is 0 Å². The van der Waals surface area contributed by atoms with E-state index in [1.807, 2.05) is 24.3 Å².